The predicted octanol–water partition coefficient (Wildman–Crippen LogP) is 5.58. The van der Waals surface area contributed by atoms with E-state index in [2.05, 4.69) is 5.32 Å². The minimum Gasteiger partial charge on any atom is -0.618 e. The maximum Gasteiger partial charge on any atom is 0.335 e. The van der Waals surface area contributed by atoms with Gasteiger partial charge in [0.2, 0.25) is 11.6 Å². The number of hydrogen-bond acceptors (Lipinski definition) is 3. The van der Waals surface area contributed by atoms with Crippen molar-refractivity contribution < 1.29 is 28.2 Å². The summed E-state index contributed by atoms with van der Waals surface area (Å²) < 4.78 is 29.2. The zero-order valence-corrected chi connectivity index (χ0v) is 19.4. The summed E-state index contributed by atoms with van der Waals surface area (Å²) in [5.74, 6) is -4.46. The number of nitrogens with one attached hydrogen (secondary N) is 1. The first-order valence-electron chi connectivity index (χ1n) is 10.8. The standard InChI is InChI=1S/C27H19ClF2N2O4/c28-21-11-12-22(29)24(25(21)30)18-8-13-23(32(36)15-18)20(14-16-4-2-1-3-5-16)26(33)31-19-9-6-17(7-10-19)27(34)35/h1-13,15,20H,14H2,(H,31,33)(H,34,35)/t20-/m0/s1. The number of benzene rings is 3. The van der Waals surface area contributed by atoms with Crippen LogP contribution in [0.5, 0.6) is 0 Å². The van der Waals surface area contributed by atoms with Gasteiger partial charge in [0.25, 0.3) is 0 Å². The fourth-order valence-corrected chi connectivity index (χ4v) is 3.97. The van der Waals surface area contributed by atoms with Crippen molar-refractivity contribution in [2.45, 2.75) is 12.3 Å². The Balaban J connectivity index is 1.69. The summed E-state index contributed by atoms with van der Waals surface area (Å²) >= 11 is 5.78. The number of carbonyl (C=O) groups is 2. The van der Waals surface area contributed by atoms with E-state index in [9.17, 15) is 23.6 Å². The first-order valence-corrected chi connectivity index (χ1v) is 11.2. The van der Waals surface area contributed by atoms with Crippen LogP contribution in [-0.2, 0) is 11.2 Å². The predicted molar refractivity (Wildman–Crippen MR) is 131 cm³/mol. The van der Waals surface area contributed by atoms with Crippen LogP contribution in [0.25, 0.3) is 11.1 Å². The molecule has 0 saturated carbocycles. The first-order chi connectivity index (χ1) is 17.2. The highest BCUT2D eigenvalue weighted by molar-refractivity contribution is 6.31. The van der Waals surface area contributed by atoms with Gasteiger partial charge < -0.3 is 15.6 Å². The molecule has 1 atom stereocenters. The lowest BCUT2D eigenvalue weighted by molar-refractivity contribution is -0.614. The van der Waals surface area contributed by atoms with Crippen molar-refractivity contribution in [3.63, 3.8) is 0 Å². The minimum absolute atomic E-state index is 0.0330. The summed E-state index contributed by atoms with van der Waals surface area (Å²) in [6.45, 7) is 0. The number of hydrogen-bond donors (Lipinski definition) is 2. The summed E-state index contributed by atoms with van der Waals surface area (Å²) in [6, 6.07) is 19.4. The Morgan fingerprint density at radius 3 is 2.31 bits per heavy atom. The van der Waals surface area contributed by atoms with Gasteiger partial charge in [-0.15, -0.1) is 0 Å². The molecule has 6 nitrogen and oxygen atoms in total. The van der Waals surface area contributed by atoms with Crippen molar-refractivity contribution in [1.29, 1.82) is 0 Å². The Morgan fingerprint density at radius 1 is 0.972 bits per heavy atom. The Hall–Kier alpha value is -4.30. The third-order valence-electron chi connectivity index (χ3n) is 5.63. The van der Waals surface area contributed by atoms with Crippen molar-refractivity contribution in [2.75, 3.05) is 5.32 Å². The largest absolute Gasteiger partial charge is 0.618 e. The molecule has 0 saturated heterocycles. The molecular weight excluding hydrogens is 490 g/mol. The Labute approximate surface area is 210 Å². The van der Waals surface area contributed by atoms with Crippen LogP contribution in [0.2, 0.25) is 5.02 Å². The van der Waals surface area contributed by atoms with E-state index < -0.39 is 35.0 Å². The van der Waals surface area contributed by atoms with Crippen LogP contribution in [0.1, 0.15) is 27.5 Å². The van der Waals surface area contributed by atoms with Crippen molar-refractivity contribution >= 4 is 29.2 Å². The van der Waals surface area contributed by atoms with E-state index in [0.29, 0.717) is 10.4 Å². The molecule has 1 aromatic heterocycles. The highest BCUT2D eigenvalue weighted by atomic mass is 35.5. The molecule has 0 radical (unpaired) electrons. The van der Waals surface area contributed by atoms with Gasteiger partial charge in [0.05, 0.1) is 21.7 Å². The van der Waals surface area contributed by atoms with E-state index >= 15 is 0 Å². The molecular formula is C27H19ClF2N2O4. The minimum atomic E-state index is -1.10. The second kappa shape index (κ2) is 10.5. The number of aromatic nitrogens is 1. The van der Waals surface area contributed by atoms with E-state index in [1.54, 1.807) is 12.1 Å². The number of rotatable bonds is 7. The highest BCUT2D eigenvalue weighted by Gasteiger charge is 2.29. The molecule has 2 N–H and O–H groups in total. The molecule has 4 aromatic rings. The second-order valence-corrected chi connectivity index (χ2v) is 8.41. The molecule has 0 bridgehead atoms. The topological polar surface area (TPSA) is 93.3 Å². The molecule has 0 aliphatic carbocycles. The summed E-state index contributed by atoms with van der Waals surface area (Å²) in [5.41, 5.74) is 0.776. The Morgan fingerprint density at radius 2 is 1.67 bits per heavy atom. The van der Waals surface area contributed by atoms with Crippen LogP contribution in [-0.4, -0.2) is 17.0 Å². The molecule has 1 amide bonds. The molecule has 9 heteroatoms. The summed E-state index contributed by atoms with van der Waals surface area (Å²) in [7, 11) is 0. The van der Waals surface area contributed by atoms with E-state index in [1.165, 1.54) is 36.4 Å². The Kier molecular flexibility index (Phi) is 7.26. The average molecular weight is 509 g/mol. The zero-order chi connectivity index (χ0) is 25.8. The van der Waals surface area contributed by atoms with Crippen LogP contribution in [0.15, 0.2) is 85.1 Å². The third-order valence-corrected chi connectivity index (χ3v) is 5.92. The fourth-order valence-electron chi connectivity index (χ4n) is 3.81. The van der Waals surface area contributed by atoms with Gasteiger partial charge in [0.1, 0.15) is 11.7 Å². The van der Waals surface area contributed by atoms with Crippen LogP contribution < -0.4 is 10.0 Å². The maximum atomic E-state index is 14.5. The maximum absolute atomic E-state index is 14.5. The number of amides is 1. The lowest BCUT2D eigenvalue weighted by Gasteiger charge is -2.18. The van der Waals surface area contributed by atoms with Crippen molar-refractivity contribution in [3.8, 4) is 11.1 Å². The zero-order valence-electron chi connectivity index (χ0n) is 18.6. The smallest absolute Gasteiger partial charge is 0.335 e. The third kappa shape index (κ3) is 5.34. The van der Waals surface area contributed by atoms with Crippen molar-refractivity contribution in [3.05, 3.63) is 124 Å². The number of pyridine rings is 1. The molecule has 1 heterocycles. The van der Waals surface area contributed by atoms with Gasteiger partial charge in [-0.2, -0.15) is 4.73 Å². The molecule has 3 aromatic carbocycles. The monoisotopic (exact) mass is 508 g/mol. The number of carboxylic acids is 1. The number of halogens is 3. The summed E-state index contributed by atoms with van der Waals surface area (Å²) in [6.07, 6.45) is 1.17. The lowest BCUT2D eigenvalue weighted by atomic mass is 9.93. The van der Waals surface area contributed by atoms with Gasteiger partial charge in [-0.25, -0.2) is 13.6 Å². The lowest BCUT2D eigenvalue weighted by Crippen LogP contribution is -2.38. The van der Waals surface area contributed by atoms with Crippen LogP contribution in [0.3, 0.4) is 0 Å². The quantitative estimate of drug-likeness (QED) is 0.193. The van der Waals surface area contributed by atoms with Crippen molar-refractivity contribution in [2.24, 2.45) is 0 Å². The number of nitrogens with zero attached hydrogens (tertiary/aromatic N) is 1. The van der Waals surface area contributed by atoms with Gasteiger partial charge in [-0.1, -0.05) is 41.9 Å². The van der Waals surface area contributed by atoms with E-state index in [1.807, 2.05) is 18.2 Å². The molecule has 4 rings (SSSR count). The molecule has 0 fully saturated rings. The van der Waals surface area contributed by atoms with Crippen LogP contribution in [0, 0.1) is 16.8 Å². The molecule has 0 aliphatic rings. The summed E-state index contributed by atoms with van der Waals surface area (Å²) in [4.78, 5) is 24.4. The number of carbonyl (C=O) groups excluding carboxylic acids is 1. The van der Waals surface area contributed by atoms with E-state index in [4.69, 9.17) is 16.7 Å². The van der Waals surface area contributed by atoms with E-state index in [0.717, 1.165) is 23.9 Å². The number of anilines is 1. The van der Waals surface area contributed by atoms with Gasteiger partial charge >= 0.3 is 5.97 Å². The number of aromatic carboxylic acids is 1. The average Bonchev–Trinajstić information content (AvgIpc) is 2.86. The van der Waals surface area contributed by atoms with Crippen LogP contribution >= 0.6 is 11.6 Å². The number of carboxylic acid groups (broad SMARTS) is 1. The van der Waals surface area contributed by atoms with Gasteiger partial charge in [0, 0.05) is 11.8 Å². The van der Waals surface area contributed by atoms with E-state index in [-0.39, 0.29) is 28.3 Å². The van der Waals surface area contributed by atoms with Gasteiger partial charge in [-0.05, 0) is 54.4 Å². The van der Waals surface area contributed by atoms with Crippen molar-refractivity contribution in [1.82, 2.24) is 0 Å². The van der Waals surface area contributed by atoms with Gasteiger partial charge in [-0.3, -0.25) is 4.79 Å². The molecule has 36 heavy (non-hydrogen) atoms. The second-order valence-electron chi connectivity index (χ2n) is 8.00. The molecule has 182 valence electrons. The SMILES string of the molecule is O=C(O)c1ccc(NC(=O)[C@@H](Cc2ccccc2)c2ccc(-c3c(F)ccc(Cl)c3F)c[n+]2[O-])cc1. The highest BCUT2D eigenvalue weighted by Crippen LogP contribution is 2.31. The van der Waals surface area contributed by atoms with Crippen LogP contribution in [0.4, 0.5) is 14.5 Å². The molecule has 0 aliphatic heterocycles. The fraction of sp³-hybridized carbons (Fsp3) is 0.0741. The summed E-state index contributed by atoms with van der Waals surface area (Å²) in [5, 5.41) is 24.5. The first kappa shape index (κ1) is 24.8. The normalized spacial score (nSPS) is 11.6. The molecule has 0 unspecified atom stereocenters. The molecule has 0 spiro atoms. The Bertz CT molecular complexity index is 1430. The van der Waals surface area contributed by atoms with Gasteiger partial charge in [0.15, 0.2) is 12.0 Å².